The molecule has 154 valence electrons. The van der Waals surface area contributed by atoms with Crippen LogP contribution >= 0.6 is 11.3 Å². The minimum Gasteiger partial charge on any atom is -0.465 e. The van der Waals surface area contributed by atoms with Crippen LogP contribution in [0, 0.1) is 17.2 Å². The number of esters is 1. The van der Waals surface area contributed by atoms with Crippen molar-refractivity contribution in [1.82, 2.24) is 0 Å². The predicted molar refractivity (Wildman–Crippen MR) is 115 cm³/mol. The number of carbonyl (C=O) groups is 2. The van der Waals surface area contributed by atoms with Crippen molar-refractivity contribution in [2.75, 3.05) is 12.4 Å². The molecule has 1 heterocycles. The number of halogens is 1. The molecule has 0 bridgehead atoms. The van der Waals surface area contributed by atoms with Gasteiger partial charge in [0.2, 0.25) is 5.91 Å². The third-order valence-corrected chi connectivity index (χ3v) is 6.58. The van der Waals surface area contributed by atoms with Gasteiger partial charge in [0.1, 0.15) is 10.8 Å². The largest absolute Gasteiger partial charge is 0.465 e. The van der Waals surface area contributed by atoms with Gasteiger partial charge in [-0.1, -0.05) is 32.9 Å². The second kappa shape index (κ2) is 8.49. The summed E-state index contributed by atoms with van der Waals surface area (Å²) in [7, 11) is 1.35. The van der Waals surface area contributed by atoms with E-state index >= 15 is 0 Å². The van der Waals surface area contributed by atoms with Crippen molar-refractivity contribution in [3.8, 4) is 0 Å². The van der Waals surface area contributed by atoms with Crippen LogP contribution in [0.1, 0.15) is 53.6 Å². The minimum atomic E-state index is -0.422. The van der Waals surface area contributed by atoms with E-state index in [-0.39, 0.29) is 17.1 Å². The van der Waals surface area contributed by atoms with Crippen molar-refractivity contribution < 1.29 is 18.7 Å². The topological polar surface area (TPSA) is 55.4 Å². The predicted octanol–water partition coefficient (Wildman–Crippen LogP) is 5.48. The molecular weight excluding hydrogens is 389 g/mol. The number of fused-ring (bicyclic) bond motifs is 1. The van der Waals surface area contributed by atoms with Gasteiger partial charge in [-0.05, 0) is 59.9 Å². The number of amides is 1. The number of hydrogen-bond acceptors (Lipinski definition) is 4. The van der Waals surface area contributed by atoms with Gasteiger partial charge < -0.3 is 10.1 Å². The van der Waals surface area contributed by atoms with E-state index in [1.807, 2.05) is 0 Å². The zero-order valence-electron chi connectivity index (χ0n) is 17.2. The van der Waals surface area contributed by atoms with Crippen LogP contribution in [0.3, 0.4) is 0 Å². The third-order valence-electron chi connectivity index (χ3n) is 5.41. The van der Waals surface area contributed by atoms with Gasteiger partial charge in [0.05, 0.1) is 12.7 Å². The zero-order chi connectivity index (χ0) is 21.2. The summed E-state index contributed by atoms with van der Waals surface area (Å²) < 4.78 is 18.0. The molecule has 1 aromatic carbocycles. The molecule has 1 aliphatic rings. The first-order valence-corrected chi connectivity index (χ1v) is 10.5. The molecule has 1 unspecified atom stereocenters. The molecule has 29 heavy (non-hydrogen) atoms. The number of benzene rings is 1. The number of anilines is 1. The lowest BCUT2D eigenvalue weighted by Crippen LogP contribution is -2.26. The number of rotatable bonds is 4. The summed E-state index contributed by atoms with van der Waals surface area (Å²) in [6, 6.07) is 5.86. The summed E-state index contributed by atoms with van der Waals surface area (Å²) >= 11 is 1.46. The normalized spacial score (nSPS) is 16.5. The second-order valence-corrected chi connectivity index (χ2v) is 9.48. The van der Waals surface area contributed by atoms with E-state index in [0.29, 0.717) is 22.0 Å². The molecule has 0 radical (unpaired) electrons. The molecule has 0 spiro atoms. The standard InChI is InChI=1S/C23H26FNO3S/c1-23(2,3)15-8-11-17-18(13-15)29-21(20(17)22(27)28-4)25-19(26)12-7-14-5-9-16(24)10-6-14/h5-7,9-10,12,15H,8,11,13H2,1-4H3,(H,25,26)/b12-7+. The molecule has 1 N–H and O–H groups in total. The van der Waals surface area contributed by atoms with Crippen molar-refractivity contribution in [2.24, 2.45) is 11.3 Å². The number of hydrogen-bond donors (Lipinski definition) is 1. The lowest BCUT2D eigenvalue weighted by Gasteiger charge is -2.33. The summed E-state index contributed by atoms with van der Waals surface area (Å²) in [5, 5.41) is 3.37. The van der Waals surface area contributed by atoms with Crippen LogP contribution in [0.15, 0.2) is 30.3 Å². The first-order valence-electron chi connectivity index (χ1n) is 9.66. The van der Waals surface area contributed by atoms with E-state index in [1.54, 1.807) is 18.2 Å². The molecule has 4 nitrogen and oxygen atoms in total. The van der Waals surface area contributed by atoms with Gasteiger partial charge in [-0.15, -0.1) is 11.3 Å². The maximum Gasteiger partial charge on any atom is 0.341 e. The van der Waals surface area contributed by atoms with Gasteiger partial charge >= 0.3 is 5.97 Å². The molecule has 0 aliphatic heterocycles. The Kier molecular flexibility index (Phi) is 6.22. The highest BCUT2D eigenvalue weighted by molar-refractivity contribution is 7.17. The van der Waals surface area contributed by atoms with E-state index < -0.39 is 5.97 Å². The summed E-state index contributed by atoms with van der Waals surface area (Å²) in [6.07, 6.45) is 5.70. The quantitative estimate of drug-likeness (QED) is 0.532. The highest BCUT2D eigenvalue weighted by Crippen LogP contribution is 2.44. The van der Waals surface area contributed by atoms with Crippen molar-refractivity contribution in [1.29, 1.82) is 0 Å². The SMILES string of the molecule is COC(=O)c1c(NC(=O)/C=C/c2ccc(F)cc2)sc2c1CCC(C(C)(C)C)C2. The third kappa shape index (κ3) is 4.93. The maximum absolute atomic E-state index is 13.0. The first-order chi connectivity index (χ1) is 13.7. The molecule has 6 heteroatoms. The Morgan fingerprint density at radius 2 is 1.93 bits per heavy atom. The van der Waals surface area contributed by atoms with Crippen LogP contribution in [0.25, 0.3) is 6.08 Å². The van der Waals surface area contributed by atoms with Crippen molar-refractivity contribution >= 4 is 34.3 Å². The lowest BCUT2D eigenvalue weighted by atomic mass is 9.72. The fourth-order valence-electron chi connectivity index (χ4n) is 3.63. The van der Waals surface area contributed by atoms with Gasteiger partial charge in [0, 0.05) is 11.0 Å². The van der Waals surface area contributed by atoms with E-state index in [9.17, 15) is 14.0 Å². The van der Waals surface area contributed by atoms with Crippen molar-refractivity contribution in [3.63, 3.8) is 0 Å². The van der Waals surface area contributed by atoms with Gasteiger partial charge in [-0.2, -0.15) is 0 Å². The molecule has 0 fully saturated rings. The lowest BCUT2D eigenvalue weighted by molar-refractivity contribution is -0.111. The summed E-state index contributed by atoms with van der Waals surface area (Å²) in [5.74, 6) is -0.562. The Bertz CT molecular complexity index is 938. The van der Waals surface area contributed by atoms with Crippen LogP contribution in [0.4, 0.5) is 9.39 Å². The molecule has 1 amide bonds. The number of methoxy groups -OCH3 is 1. The van der Waals surface area contributed by atoms with E-state index in [2.05, 4.69) is 26.1 Å². The van der Waals surface area contributed by atoms with Crippen molar-refractivity contribution in [2.45, 2.75) is 40.0 Å². The summed E-state index contributed by atoms with van der Waals surface area (Å²) in [5.41, 5.74) is 2.38. The molecule has 3 rings (SSSR count). The Hall–Kier alpha value is -2.47. The highest BCUT2D eigenvalue weighted by Gasteiger charge is 2.34. The van der Waals surface area contributed by atoms with E-state index in [1.165, 1.54) is 36.7 Å². The molecule has 0 saturated heterocycles. The summed E-state index contributed by atoms with van der Waals surface area (Å²) in [4.78, 5) is 26.0. The Labute approximate surface area is 174 Å². The van der Waals surface area contributed by atoms with Gasteiger partial charge in [0.15, 0.2) is 0 Å². The number of carbonyl (C=O) groups excluding carboxylic acids is 2. The number of ether oxygens (including phenoxy) is 1. The van der Waals surface area contributed by atoms with E-state index in [4.69, 9.17) is 4.74 Å². The van der Waals surface area contributed by atoms with Crippen LogP contribution < -0.4 is 5.32 Å². The maximum atomic E-state index is 13.0. The average Bonchev–Trinajstić information content (AvgIpc) is 3.03. The van der Waals surface area contributed by atoms with Crippen LogP contribution in [0.2, 0.25) is 0 Å². The van der Waals surface area contributed by atoms with Crippen LogP contribution in [-0.2, 0) is 22.4 Å². The Balaban J connectivity index is 1.83. The zero-order valence-corrected chi connectivity index (χ0v) is 18.0. The second-order valence-electron chi connectivity index (χ2n) is 8.38. The number of thiophene rings is 1. The molecule has 1 aliphatic carbocycles. The molecule has 1 atom stereocenters. The smallest absolute Gasteiger partial charge is 0.341 e. The highest BCUT2D eigenvalue weighted by atomic mass is 32.1. The number of nitrogens with one attached hydrogen (secondary N) is 1. The monoisotopic (exact) mass is 415 g/mol. The average molecular weight is 416 g/mol. The minimum absolute atomic E-state index is 0.189. The first kappa shape index (κ1) is 21.2. The van der Waals surface area contributed by atoms with Crippen molar-refractivity contribution in [3.05, 3.63) is 57.7 Å². The fraction of sp³-hybridized carbons (Fsp3) is 0.391. The summed E-state index contributed by atoms with van der Waals surface area (Å²) in [6.45, 7) is 6.71. The molecular formula is C23H26FNO3S. The van der Waals surface area contributed by atoms with Crippen LogP contribution in [0.5, 0.6) is 0 Å². The molecule has 0 saturated carbocycles. The van der Waals surface area contributed by atoms with Crippen LogP contribution in [-0.4, -0.2) is 19.0 Å². The van der Waals surface area contributed by atoms with Gasteiger partial charge in [0.25, 0.3) is 0 Å². The Morgan fingerprint density at radius 3 is 2.55 bits per heavy atom. The van der Waals surface area contributed by atoms with Gasteiger partial charge in [-0.25, -0.2) is 9.18 Å². The fourth-order valence-corrected chi connectivity index (χ4v) is 4.95. The molecule has 1 aromatic heterocycles. The van der Waals surface area contributed by atoms with Gasteiger partial charge in [-0.3, -0.25) is 4.79 Å². The Morgan fingerprint density at radius 1 is 1.24 bits per heavy atom. The van der Waals surface area contributed by atoms with E-state index in [0.717, 1.165) is 29.7 Å². The molecule has 2 aromatic rings.